The molecule has 0 unspecified atom stereocenters. The summed E-state index contributed by atoms with van der Waals surface area (Å²) < 4.78 is 0. The normalized spacial score (nSPS) is 18.8. The lowest BCUT2D eigenvalue weighted by Gasteiger charge is -2.40. The molecule has 0 spiro atoms. The molecule has 2 aliphatic rings. The monoisotopic (exact) mass is 410 g/mol. The highest BCUT2D eigenvalue weighted by molar-refractivity contribution is 6.31. The van der Waals surface area contributed by atoms with Gasteiger partial charge in [-0.3, -0.25) is 9.69 Å². The van der Waals surface area contributed by atoms with E-state index in [4.69, 9.17) is 11.6 Å². The highest BCUT2D eigenvalue weighted by Gasteiger charge is 2.33. The molecule has 0 radical (unpaired) electrons. The Hall–Kier alpha value is -1.84. The molecule has 2 fully saturated rings. The van der Waals surface area contributed by atoms with Crippen LogP contribution in [0.3, 0.4) is 0 Å². The maximum atomic E-state index is 13.4. The van der Waals surface area contributed by atoms with Crippen LogP contribution in [0.4, 0.5) is 0 Å². The molecule has 4 heteroatoms. The Morgan fingerprint density at radius 2 is 1.59 bits per heavy atom. The van der Waals surface area contributed by atoms with Gasteiger partial charge < -0.3 is 4.90 Å². The second kappa shape index (κ2) is 9.77. The molecule has 4 rings (SSSR count). The van der Waals surface area contributed by atoms with Crippen LogP contribution in [0.15, 0.2) is 54.6 Å². The summed E-state index contributed by atoms with van der Waals surface area (Å²) >= 11 is 6.44. The van der Waals surface area contributed by atoms with Gasteiger partial charge in [-0.25, -0.2) is 0 Å². The summed E-state index contributed by atoms with van der Waals surface area (Å²) in [5, 5.41) is 0.762. The molecule has 0 bridgehead atoms. The molecule has 3 nitrogen and oxygen atoms in total. The summed E-state index contributed by atoms with van der Waals surface area (Å²) in [6, 6.07) is 18.9. The summed E-state index contributed by atoms with van der Waals surface area (Å²) in [5.41, 5.74) is 2.42. The lowest BCUT2D eigenvalue weighted by Crippen LogP contribution is -2.48. The van der Waals surface area contributed by atoms with Crippen LogP contribution in [0.5, 0.6) is 0 Å². The number of hydrogen-bond acceptors (Lipinski definition) is 2. The van der Waals surface area contributed by atoms with Gasteiger partial charge in [0.05, 0.1) is 0 Å². The largest absolute Gasteiger partial charge is 0.335 e. The van der Waals surface area contributed by atoms with Crippen molar-refractivity contribution in [1.82, 2.24) is 9.80 Å². The Morgan fingerprint density at radius 1 is 0.931 bits per heavy atom. The number of nitrogens with zero attached hydrogens (tertiary/aromatic N) is 2. The van der Waals surface area contributed by atoms with Crippen molar-refractivity contribution in [3.05, 3.63) is 70.7 Å². The van der Waals surface area contributed by atoms with Crippen LogP contribution in [0, 0.1) is 5.92 Å². The summed E-state index contributed by atoms with van der Waals surface area (Å²) in [5.74, 6) is 0.559. The van der Waals surface area contributed by atoms with Crippen molar-refractivity contribution >= 4 is 17.5 Å². The zero-order chi connectivity index (χ0) is 20.1. The first-order valence-electron chi connectivity index (χ1n) is 11.0. The molecule has 0 atom stereocenters. The predicted octanol–water partition coefficient (Wildman–Crippen LogP) is 5.52. The van der Waals surface area contributed by atoms with Crippen LogP contribution in [-0.2, 0) is 17.9 Å². The lowest BCUT2D eigenvalue weighted by molar-refractivity contribution is -0.139. The van der Waals surface area contributed by atoms with E-state index >= 15 is 0 Å². The van der Waals surface area contributed by atoms with Gasteiger partial charge in [0, 0.05) is 43.2 Å². The van der Waals surface area contributed by atoms with Crippen molar-refractivity contribution in [1.29, 1.82) is 0 Å². The van der Waals surface area contributed by atoms with Gasteiger partial charge in [0.1, 0.15) is 0 Å². The Kier molecular flexibility index (Phi) is 6.89. The number of benzene rings is 2. The second-order valence-corrected chi connectivity index (χ2v) is 8.94. The zero-order valence-electron chi connectivity index (χ0n) is 17.1. The van der Waals surface area contributed by atoms with E-state index in [0.29, 0.717) is 18.5 Å². The van der Waals surface area contributed by atoms with Crippen molar-refractivity contribution in [3.8, 4) is 0 Å². The molecule has 1 aliphatic heterocycles. The van der Waals surface area contributed by atoms with Crippen molar-refractivity contribution < 1.29 is 4.79 Å². The molecule has 0 N–H and O–H groups in total. The molecule has 2 aromatic carbocycles. The van der Waals surface area contributed by atoms with Crippen LogP contribution >= 0.6 is 11.6 Å². The van der Waals surface area contributed by atoms with E-state index in [2.05, 4.69) is 46.2 Å². The van der Waals surface area contributed by atoms with Gasteiger partial charge in [-0.05, 0) is 42.9 Å². The third-order valence-corrected chi connectivity index (χ3v) is 6.90. The van der Waals surface area contributed by atoms with Gasteiger partial charge in [-0.15, -0.1) is 0 Å². The van der Waals surface area contributed by atoms with Gasteiger partial charge in [-0.2, -0.15) is 0 Å². The van der Waals surface area contributed by atoms with Gasteiger partial charge in [0.15, 0.2) is 0 Å². The van der Waals surface area contributed by atoms with Crippen molar-refractivity contribution in [2.45, 2.75) is 57.7 Å². The lowest BCUT2D eigenvalue weighted by atomic mass is 9.98. The average Bonchev–Trinajstić information content (AvgIpc) is 3.29. The highest BCUT2D eigenvalue weighted by atomic mass is 35.5. The number of carbonyl (C=O) groups excluding carboxylic acids is 1. The Balaban J connectivity index is 1.43. The first-order chi connectivity index (χ1) is 14.2. The molecule has 1 saturated heterocycles. The quantitative estimate of drug-likeness (QED) is 0.625. The Bertz CT molecular complexity index is 795. The standard InChI is InChI=1S/C25H31ClN2O/c26-24-13-7-6-12-22(24)19-28(25(29)21-10-4-5-11-21)23-14-16-27(17-15-23)18-20-8-2-1-3-9-20/h1-3,6-9,12-13,21,23H,4-5,10-11,14-19H2. The van der Waals surface area contributed by atoms with Gasteiger partial charge in [-0.1, -0.05) is 73.0 Å². The third kappa shape index (κ3) is 5.21. The molecule has 154 valence electrons. The molecule has 1 heterocycles. The van der Waals surface area contributed by atoms with E-state index in [-0.39, 0.29) is 5.92 Å². The van der Waals surface area contributed by atoms with E-state index in [1.807, 2.05) is 18.2 Å². The second-order valence-electron chi connectivity index (χ2n) is 8.53. The maximum Gasteiger partial charge on any atom is 0.226 e. The average molecular weight is 411 g/mol. The number of carbonyl (C=O) groups is 1. The zero-order valence-corrected chi connectivity index (χ0v) is 17.9. The SMILES string of the molecule is O=C(C1CCCC1)N(Cc1ccccc1Cl)C1CCN(Cc2ccccc2)CC1. The topological polar surface area (TPSA) is 23.6 Å². The summed E-state index contributed by atoms with van der Waals surface area (Å²) in [4.78, 5) is 18.1. The number of amides is 1. The number of hydrogen-bond donors (Lipinski definition) is 0. The predicted molar refractivity (Wildman–Crippen MR) is 119 cm³/mol. The minimum atomic E-state index is 0.208. The summed E-state index contributed by atoms with van der Waals surface area (Å²) in [6.45, 7) is 3.71. The smallest absolute Gasteiger partial charge is 0.226 e. The first kappa shape index (κ1) is 20.4. The van der Waals surface area contributed by atoms with Gasteiger partial charge in [0.2, 0.25) is 5.91 Å². The van der Waals surface area contributed by atoms with Crippen molar-refractivity contribution in [2.24, 2.45) is 5.92 Å². The molecule has 1 aliphatic carbocycles. The molecule has 2 aromatic rings. The molecular formula is C25H31ClN2O. The molecule has 29 heavy (non-hydrogen) atoms. The van der Waals surface area contributed by atoms with Crippen molar-refractivity contribution in [3.63, 3.8) is 0 Å². The number of likely N-dealkylation sites (tertiary alicyclic amines) is 1. The Labute approximate surface area is 179 Å². The minimum Gasteiger partial charge on any atom is -0.335 e. The maximum absolute atomic E-state index is 13.4. The van der Waals surface area contributed by atoms with Crippen LogP contribution in [0.25, 0.3) is 0 Å². The van der Waals surface area contributed by atoms with Crippen LogP contribution in [0.2, 0.25) is 5.02 Å². The number of piperidine rings is 1. The molecule has 1 saturated carbocycles. The molecule has 0 aromatic heterocycles. The Morgan fingerprint density at radius 3 is 2.28 bits per heavy atom. The number of halogens is 1. The number of rotatable bonds is 6. The fourth-order valence-corrected chi connectivity index (χ4v) is 5.03. The minimum absolute atomic E-state index is 0.208. The van der Waals surface area contributed by atoms with Crippen LogP contribution < -0.4 is 0 Å². The van der Waals surface area contributed by atoms with Crippen molar-refractivity contribution in [2.75, 3.05) is 13.1 Å². The van der Waals surface area contributed by atoms with E-state index in [1.54, 1.807) is 0 Å². The van der Waals surface area contributed by atoms with E-state index in [9.17, 15) is 4.79 Å². The molecular weight excluding hydrogens is 380 g/mol. The van der Waals surface area contributed by atoms with E-state index < -0.39 is 0 Å². The van der Waals surface area contributed by atoms with E-state index in [0.717, 1.165) is 55.9 Å². The van der Waals surface area contributed by atoms with Crippen LogP contribution in [0.1, 0.15) is 49.7 Å². The van der Waals surface area contributed by atoms with Gasteiger partial charge in [0.25, 0.3) is 0 Å². The van der Waals surface area contributed by atoms with E-state index in [1.165, 1.54) is 18.4 Å². The van der Waals surface area contributed by atoms with Crippen LogP contribution in [-0.4, -0.2) is 34.8 Å². The fourth-order valence-electron chi connectivity index (χ4n) is 4.84. The highest BCUT2D eigenvalue weighted by Crippen LogP contribution is 2.31. The fraction of sp³-hybridized carbons (Fsp3) is 0.480. The van der Waals surface area contributed by atoms with Gasteiger partial charge >= 0.3 is 0 Å². The molecule has 1 amide bonds. The summed E-state index contributed by atoms with van der Waals surface area (Å²) in [6.07, 6.45) is 6.54. The summed E-state index contributed by atoms with van der Waals surface area (Å²) in [7, 11) is 0. The first-order valence-corrected chi connectivity index (χ1v) is 11.4. The third-order valence-electron chi connectivity index (χ3n) is 6.53.